The number of nitrogens with zero attached hydrogens (tertiary/aromatic N) is 2. The third kappa shape index (κ3) is 1.65. The van der Waals surface area contributed by atoms with E-state index in [1.807, 2.05) is 16.8 Å². The third-order valence-corrected chi connectivity index (χ3v) is 3.46. The molecule has 0 bridgehead atoms. The Bertz CT molecular complexity index is 723. The second-order valence-electron chi connectivity index (χ2n) is 3.80. The highest BCUT2D eigenvalue weighted by Crippen LogP contribution is 2.33. The summed E-state index contributed by atoms with van der Waals surface area (Å²) in [5, 5.41) is 15.6. The van der Waals surface area contributed by atoms with Crippen LogP contribution in [0.5, 0.6) is 0 Å². The molecular weight excluding hydrogens is 248 g/mol. The monoisotopic (exact) mass is 256 g/mol. The van der Waals surface area contributed by atoms with Gasteiger partial charge in [-0.1, -0.05) is 0 Å². The predicted molar refractivity (Wildman–Crippen MR) is 71.7 cm³/mol. The largest absolute Gasteiger partial charge is 0.278 e. The summed E-state index contributed by atoms with van der Waals surface area (Å²) in [5.74, 6) is 0. The lowest BCUT2D eigenvalue weighted by atomic mass is 10.0. The quantitative estimate of drug-likeness (QED) is 0.516. The standard InChI is InChI=1S/C13H8N2O2S/c16-15(17)12-4-3-10(9-5-7-18-8-9)13-11(12)2-1-6-14-13/h1-8H. The summed E-state index contributed by atoms with van der Waals surface area (Å²) in [6, 6.07) is 8.73. The van der Waals surface area contributed by atoms with Crippen molar-refractivity contribution in [1.29, 1.82) is 0 Å². The van der Waals surface area contributed by atoms with E-state index < -0.39 is 0 Å². The van der Waals surface area contributed by atoms with Crippen molar-refractivity contribution < 1.29 is 4.92 Å². The average molecular weight is 256 g/mol. The molecule has 0 saturated heterocycles. The van der Waals surface area contributed by atoms with Crippen molar-refractivity contribution in [3.8, 4) is 11.1 Å². The number of hydrogen-bond acceptors (Lipinski definition) is 4. The molecular formula is C13H8N2O2S. The Morgan fingerprint density at radius 1 is 1.22 bits per heavy atom. The lowest BCUT2D eigenvalue weighted by molar-refractivity contribution is -0.383. The number of non-ortho nitro benzene ring substituents is 1. The molecule has 0 saturated carbocycles. The van der Waals surface area contributed by atoms with Crippen molar-refractivity contribution in [2.24, 2.45) is 0 Å². The van der Waals surface area contributed by atoms with Crippen LogP contribution < -0.4 is 0 Å². The molecule has 4 nitrogen and oxygen atoms in total. The maximum atomic E-state index is 11.0. The molecule has 0 amide bonds. The topological polar surface area (TPSA) is 56.0 Å². The van der Waals surface area contributed by atoms with Crippen LogP contribution in [-0.2, 0) is 0 Å². The molecule has 18 heavy (non-hydrogen) atoms. The van der Waals surface area contributed by atoms with Gasteiger partial charge in [-0.05, 0) is 40.6 Å². The zero-order valence-corrected chi connectivity index (χ0v) is 10.1. The highest BCUT2D eigenvalue weighted by Gasteiger charge is 2.15. The van der Waals surface area contributed by atoms with Gasteiger partial charge >= 0.3 is 0 Å². The van der Waals surface area contributed by atoms with E-state index in [-0.39, 0.29) is 10.6 Å². The first-order chi connectivity index (χ1) is 8.77. The Hall–Kier alpha value is -2.27. The average Bonchev–Trinajstić information content (AvgIpc) is 2.91. The van der Waals surface area contributed by atoms with Crippen LogP contribution in [-0.4, -0.2) is 9.91 Å². The van der Waals surface area contributed by atoms with Crippen LogP contribution in [0.3, 0.4) is 0 Å². The Morgan fingerprint density at radius 2 is 2.11 bits per heavy atom. The summed E-state index contributed by atoms with van der Waals surface area (Å²) in [7, 11) is 0. The van der Waals surface area contributed by atoms with Crippen LogP contribution >= 0.6 is 11.3 Å². The fourth-order valence-electron chi connectivity index (χ4n) is 1.97. The highest BCUT2D eigenvalue weighted by atomic mass is 32.1. The smallest absolute Gasteiger partial charge is 0.258 e. The van der Waals surface area contributed by atoms with Crippen LogP contribution in [0.1, 0.15) is 0 Å². The van der Waals surface area contributed by atoms with Gasteiger partial charge in [0.05, 0.1) is 15.8 Å². The van der Waals surface area contributed by atoms with Gasteiger partial charge in [0.1, 0.15) is 0 Å². The molecule has 0 radical (unpaired) electrons. The SMILES string of the molecule is O=[N+]([O-])c1ccc(-c2ccsc2)c2ncccc12. The summed E-state index contributed by atoms with van der Waals surface area (Å²) in [6.45, 7) is 0. The van der Waals surface area contributed by atoms with E-state index in [1.54, 1.807) is 35.7 Å². The zero-order chi connectivity index (χ0) is 12.5. The molecule has 0 spiro atoms. The van der Waals surface area contributed by atoms with E-state index in [2.05, 4.69) is 4.98 Å². The van der Waals surface area contributed by atoms with Crippen molar-refractivity contribution in [2.75, 3.05) is 0 Å². The second kappa shape index (κ2) is 4.19. The number of benzene rings is 1. The van der Waals surface area contributed by atoms with Crippen molar-refractivity contribution >= 4 is 27.9 Å². The van der Waals surface area contributed by atoms with Gasteiger partial charge in [0.15, 0.2) is 0 Å². The first-order valence-electron chi connectivity index (χ1n) is 5.32. The van der Waals surface area contributed by atoms with Crippen molar-refractivity contribution in [2.45, 2.75) is 0 Å². The fraction of sp³-hybridized carbons (Fsp3) is 0. The predicted octanol–water partition coefficient (Wildman–Crippen LogP) is 3.87. The van der Waals surface area contributed by atoms with Crippen molar-refractivity contribution in [3.05, 3.63) is 57.4 Å². The summed E-state index contributed by atoms with van der Waals surface area (Å²) >= 11 is 1.59. The van der Waals surface area contributed by atoms with Crippen molar-refractivity contribution in [3.63, 3.8) is 0 Å². The molecule has 2 heterocycles. The Morgan fingerprint density at radius 3 is 2.83 bits per heavy atom. The number of nitro groups is 1. The van der Waals surface area contributed by atoms with Gasteiger partial charge in [-0.15, -0.1) is 0 Å². The van der Waals surface area contributed by atoms with E-state index in [0.717, 1.165) is 11.1 Å². The minimum Gasteiger partial charge on any atom is -0.258 e. The van der Waals surface area contributed by atoms with E-state index in [9.17, 15) is 10.1 Å². The zero-order valence-electron chi connectivity index (χ0n) is 9.24. The number of aromatic nitrogens is 1. The number of rotatable bonds is 2. The number of thiophene rings is 1. The maximum Gasteiger partial charge on any atom is 0.278 e. The lowest BCUT2D eigenvalue weighted by Crippen LogP contribution is -1.92. The maximum absolute atomic E-state index is 11.0. The number of hydrogen-bond donors (Lipinski definition) is 0. The van der Waals surface area contributed by atoms with Crippen LogP contribution in [0.15, 0.2) is 47.3 Å². The summed E-state index contributed by atoms with van der Waals surface area (Å²) < 4.78 is 0. The molecule has 0 aliphatic rings. The molecule has 88 valence electrons. The van der Waals surface area contributed by atoms with E-state index in [0.29, 0.717) is 10.9 Å². The number of pyridine rings is 1. The van der Waals surface area contributed by atoms with E-state index >= 15 is 0 Å². The summed E-state index contributed by atoms with van der Waals surface area (Å²) in [5.41, 5.74) is 2.73. The molecule has 0 fully saturated rings. The van der Waals surface area contributed by atoms with E-state index in [1.165, 1.54) is 6.07 Å². The van der Waals surface area contributed by atoms with E-state index in [4.69, 9.17) is 0 Å². The molecule has 0 N–H and O–H groups in total. The highest BCUT2D eigenvalue weighted by molar-refractivity contribution is 7.08. The van der Waals surface area contributed by atoms with Gasteiger partial charge in [-0.3, -0.25) is 15.1 Å². The normalized spacial score (nSPS) is 10.7. The second-order valence-corrected chi connectivity index (χ2v) is 4.58. The first-order valence-corrected chi connectivity index (χ1v) is 6.26. The van der Waals surface area contributed by atoms with Gasteiger partial charge in [0.2, 0.25) is 0 Å². The molecule has 1 aromatic carbocycles. The Kier molecular flexibility index (Phi) is 2.53. The molecule has 5 heteroatoms. The molecule has 3 aromatic rings. The van der Waals surface area contributed by atoms with Crippen LogP contribution in [0, 0.1) is 10.1 Å². The molecule has 2 aromatic heterocycles. The minimum absolute atomic E-state index is 0.0945. The van der Waals surface area contributed by atoms with Crippen LogP contribution in [0.25, 0.3) is 22.0 Å². The molecule has 3 rings (SSSR count). The van der Waals surface area contributed by atoms with Gasteiger partial charge in [0.25, 0.3) is 5.69 Å². The van der Waals surface area contributed by atoms with Crippen LogP contribution in [0.4, 0.5) is 5.69 Å². The summed E-state index contributed by atoms with van der Waals surface area (Å²) in [4.78, 5) is 14.9. The lowest BCUT2D eigenvalue weighted by Gasteiger charge is -2.04. The Balaban J connectivity index is 2.37. The fourth-order valence-corrected chi connectivity index (χ4v) is 2.62. The van der Waals surface area contributed by atoms with Gasteiger partial charge in [0, 0.05) is 17.8 Å². The Labute approximate surface area is 107 Å². The summed E-state index contributed by atoms with van der Waals surface area (Å²) in [6.07, 6.45) is 1.65. The number of fused-ring (bicyclic) bond motifs is 1. The van der Waals surface area contributed by atoms with Crippen LogP contribution in [0.2, 0.25) is 0 Å². The molecule has 0 aliphatic carbocycles. The molecule has 0 atom stereocenters. The first kappa shape index (κ1) is 10.9. The third-order valence-electron chi connectivity index (χ3n) is 2.78. The van der Waals surface area contributed by atoms with Gasteiger partial charge in [-0.2, -0.15) is 11.3 Å². The molecule has 0 unspecified atom stereocenters. The van der Waals surface area contributed by atoms with Gasteiger partial charge < -0.3 is 0 Å². The molecule has 0 aliphatic heterocycles. The van der Waals surface area contributed by atoms with Crippen molar-refractivity contribution in [1.82, 2.24) is 4.98 Å². The number of nitro benzene ring substituents is 1. The minimum atomic E-state index is -0.374. The van der Waals surface area contributed by atoms with Gasteiger partial charge in [-0.25, -0.2) is 0 Å².